The van der Waals surface area contributed by atoms with Gasteiger partial charge in [-0.3, -0.25) is 19.1 Å². The van der Waals surface area contributed by atoms with Gasteiger partial charge >= 0.3 is 12.0 Å². The molecule has 3 N–H and O–H groups in total. The quantitative estimate of drug-likeness (QED) is 0.577. The summed E-state index contributed by atoms with van der Waals surface area (Å²) in [6.07, 6.45) is 3.41. The monoisotopic (exact) mass is 461 g/mol. The van der Waals surface area contributed by atoms with Gasteiger partial charge in [-0.2, -0.15) is 0 Å². The Morgan fingerprint density at radius 2 is 2.06 bits per heavy atom. The molecular formula is C20H27N7O6. The molecule has 0 aromatic carbocycles. The summed E-state index contributed by atoms with van der Waals surface area (Å²) >= 11 is 0. The van der Waals surface area contributed by atoms with Gasteiger partial charge in [0.1, 0.15) is 24.0 Å². The maximum Gasteiger partial charge on any atom is 0.323 e. The van der Waals surface area contributed by atoms with Gasteiger partial charge in [-0.25, -0.2) is 4.79 Å². The van der Waals surface area contributed by atoms with Crippen LogP contribution in [0.25, 0.3) is 0 Å². The minimum absolute atomic E-state index is 0.0186. The molecule has 2 aromatic heterocycles. The van der Waals surface area contributed by atoms with Gasteiger partial charge in [-0.05, 0) is 31.4 Å². The predicted octanol–water partition coefficient (Wildman–Crippen LogP) is 0.0380. The first-order valence-electron chi connectivity index (χ1n) is 10.5. The van der Waals surface area contributed by atoms with Gasteiger partial charge in [-0.15, -0.1) is 5.10 Å². The maximum atomic E-state index is 12.8. The number of likely N-dealkylation sites (N-methyl/N-ethyl adjacent to an activating group) is 1. The Balaban J connectivity index is 1.82. The fourth-order valence-corrected chi connectivity index (χ4v) is 3.39. The van der Waals surface area contributed by atoms with Crippen molar-refractivity contribution in [1.82, 2.24) is 35.4 Å². The van der Waals surface area contributed by atoms with E-state index in [4.69, 9.17) is 4.42 Å². The lowest BCUT2D eigenvalue weighted by Crippen LogP contribution is -2.49. The molecule has 0 saturated heterocycles. The number of carboxylic acids is 1. The van der Waals surface area contributed by atoms with Crippen molar-refractivity contribution in [1.29, 1.82) is 0 Å². The number of amides is 4. The second-order valence-corrected chi connectivity index (χ2v) is 7.90. The van der Waals surface area contributed by atoms with Gasteiger partial charge < -0.3 is 30.0 Å². The number of carbonyl (C=O) groups excluding carboxylic acids is 3. The molecule has 0 spiro atoms. The normalized spacial score (nSPS) is 18.0. The molecule has 0 aliphatic carbocycles. The van der Waals surface area contributed by atoms with E-state index in [0.717, 1.165) is 4.90 Å². The Morgan fingerprint density at radius 3 is 2.79 bits per heavy atom. The van der Waals surface area contributed by atoms with E-state index in [2.05, 4.69) is 20.9 Å². The number of nitrogens with one attached hydrogen (secondary N) is 2. The Hall–Kier alpha value is -3.90. The highest BCUT2D eigenvalue weighted by molar-refractivity contribution is 5.93. The Bertz CT molecular complexity index is 1010. The summed E-state index contributed by atoms with van der Waals surface area (Å²) in [6.45, 7) is -0.101. The topological polar surface area (TPSA) is 163 Å². The Kier molecular flexibility index (Phi) is 7.64. The van der Waals surface area contributed by atoms with E-state index in [9.17, 15) is 24.3 Å². The van der Waals surface area contributed by atoms with E-state index in [1.807, 2.05) is 0 Å². The Labute approximate surface area is 189 Å². The van der Waals surface area contributed by atoms with E-state index in [1.165, 1.54) is 17.0 Å². The number of aromatic nitrogens is 3. The third kappa shape index (κ3) is 6.54. The van der Waals surface area contributed by atoms with Gasteiger partial charge in [0.15, 0.2) is 5.76 Å². The predicted molar refractivity (Wildman–Crippen MR) is 113 cm³/mol. The maximum absolute atomic E-state index is 12.8. The van der Waals surface area contributed by atoms with Gasteiger partial charge in [-0.1, -0.05) is 5.21 Å². The van der Waals surface area contributed by atoms with Gasteiger partial charge in [0, 0.05) is 20.6 Å². The summed E-state index contributed by atoms with van der Waals surface area (Å²) in [5.74, 6) is -1.79. The first-order chi connectivity index (χ1) is 15.7. The third-order valence-corrected chi connectivity index (χ3v) is 5.02. The molecule has 178 valence electrons. The summed E-state index contributed by atoms with van der Waals surface area (Å²) in [5, 5.41) is 22.6. The van der Waals surface area contributed by atoms with Crippen LogP contribution in [-0.4, -0.2) is 80.4 Å². The van der Waals surface area contributed by atoms with E-state index < -0.39 is 30.5 Å². The van der Waals surface area contributed by atoms with Crippen LogP contribution in [0.15, 0.2) is 22.7 Å². The number of hydrogen-bond donors (Lipinski definition) is 3. The number of carboxylic acid groups (broad SMARTS) is 1. The largest absolute Gasteiger partial charge is 0.480 e. The zero-order chi connectivity index (χ0) is 24.0. The molecule has 0 unspecified atom stereocenters. The van der Waals surface area contributed by atoms with Gasteiger partial charge in [0.2, 0.25) is 5.91 Å². The average molecular weight is 461 g/mol. The molecule has 0 saturated carbocycles. The third-order valence-electron chi connectivity index (χ3n) is 5.02. The number of aliphatic carboxylic acids is 1. The lowest BCUT2D eigenvalue weighted by molar-refractivity contribution is -0.138. The van der Waals surface area contributed by atoms with Crippen molar-refractivity contribution < 1.29 is 28.7 Å². The molecule has 4 amide bonds. The van der Waals surface area contributed by atoms with Crippen LogP contribution in [0.3, 0.4) is 0 Å². The van der Waals surface area contributed by atoms with Crippen LogP contribution >= 0.6 is 0 Å². The van der Waals surface area contributed by atoms with E-state index in [0.29, 0.717) is 37.3 Å². The molecule has 4 bridgehead atoms. The second-order valence-electron chi connectivity index (χ2n) is 7.90. The number of rotatable bonds is 3. The molecule has 1 aliphatic heterocycles. The van der Waals surface area contributed by atoms with Gasteiger partial charge in [0.05, 0.1) is 19.3 Å². The van der Waals surface area contributed by atoms with Crippen LogP contribution in [0.1, 0.15) is 41.3 Å². The zero-order valence-corrected chi connectivity index (χ0v) is 18.5. The molecule has 1 aliphatic rings. The molecule has 3 heterocycles. The molecular weight excluding hydrogens is 434 g/mol. The first-order valence-corrected chi connectivity index (χ1v) is 10.5. The van der Waals surface area contributed by atoms with Crippen molar-refractivity contribution in [3.63, 3.8) is 0 Å². The molecule has 33 heavy (non-hydrogen) atoms. The SMILES string of the molecule is CN(C)C(=O)[C@@H]1CCCCn2cc(nn2)CN(CC(=O)O)C(=O)c2ccc(o2)CNC(=O)N1. The highest BCUT2D eigenvalue weighted by Gasteiger charge is 2.25. The van der Waals surface area contributed by atoms with Crippen molar-refractivity contribution in [3.05, 3.63) is 35.5 Å². The van der Waals surface area contributed by atoms with E-state index >= 15 is 0 Å². The molecule has 1 atom stereocenters. The highest BCUT2D eigenvalue weighted by Crippen LogP contribution is 2.14. The fourth-order valence-electron chi connectivity index (χ4n) is 3.39. The van der Waals surface area contributed by atoms with Crippen molar-refractivity contribution in [2.45, 2.75) is 44.9 Å². The van der Waals surface area contributed by atoms with Crippen LogP contribution in [0, 0.1) is 0 Å². The summed E-state index contributed by atoms with van der Waals surface area (Å²) in [5.41, 5.74) is 0.437. The highest BCUT2D eigenvalue weighted by atomic mass is 16.4. The minimum Gasteiger partial charge on any atom is -0.480 e. The lowest BCUT2D eigenvalue weighted by Gasteiger charge is -2.22. The summed E-state index contributed by atoms with van der Waals surface area (Å²) < 4.78 is 7.10. The number of carbonyl (C=O) groups is 4. The molecule has 13 nitrogen and oxygen atoms in total. The molecule has 13 heteroatoms. The number of aryl methyl sites for hydroxylation is 1. The zero-order valence-electron chi connectivity index (χ0n) is 18.5. The summed E-state index contributed by atoms with van der Waals surface area (Å²) in [7, 11) is 3.25. The first kappa shape index (κ1) is 23.8. The standard InChI is InChI=1S/C20H27N7O6/c1-25(2)18(30)15-5-3-4-8-27-11-13(23-24-27)10-26(12-17(28)29)19(31)16-7-6-14(33-16)9-21-20(32)22-15/h6-7,11,15H,3-5,8-10,12H2,1-2H3,(H,28,29)(H2,21,22,32)/t15-/m0/s1. The lowest BCUT2D eigenvalue weighted by atomic mass is 10.1. The van der Waals surface area contributed by atoms with Crippen LogP contribution in [0.2, 0.25) is 0 Å². The smallest absolute Gasteiger partial charge is 0.323 e. The van der Waals surface area contributed by atoms with Crippen LogP contribution < -0.4 is 10.6 Å². The number of urea groups is 1. The van der Waals surface area contributed by atoms with Crippen molar-refractivity contribution in [2.24, 2.45) is 0 Å². The number of hydrogen-bond acceptors (Lipinski definition) is 7. The van der Waals surface area contributed by atoms with Crippen molar-refractivity contribution in [2.75, 3.05) is 20.6 Å². The number of nitrogens with zero attached hydrogens (tertiary/aromatic N) is 5. The molecule has 0 radical (unpaired) electrons. The van der Waals surface area contributed by atoms with Crippen molar-refractivity contribution in [3.8, 4) is 0 Å². The van der Waals surface area contributed by atoms with Gasteiger partial charge in [0.25, 0.3) is 5.91 Å². The second kappa shape index (κ2) is 10.6. The molecule has 0 fully saturated rings. The minimum atomic E-state index is -1.18. The Morgan fingerprint density at radius 1 is 1.27 bits per heavy atom. The van der Waals surface area contributed by atoms with E-state index in [1.54, 1.807) is 25.0 Å². The summed E-state index contributed by atoms with van der Waals surface area (Å²) in [4.78, 5) is 51.5. The van der Waals surface area contributed by atoms with Crippen molar-refractivity contribution >= 4 is 23.8 Å². The molecule has 2 aromatic rings. The fraction of sp³-hybridized carbons (Fsp3) is 0.500. The van der Waals surface area contributed by atoms with E-state index in [-0.39, 0.29) is 24.8 Å². The van der Waals surface area contributed by atoms with Crippen LogP contribution in [0.5, 0.6) is 0 Å². The number of fused-ring (bicyclic) bond motifs is 4. The molecule has 3 rings (SSSR count). The average Bonchev–Trinajstić information content (AvgIpc) is 3.41. The van der Waals surface area contributed by atoms with Crippen LogP contribution in [0.4, 0.5) is 4.79 Å². The number of furan rings is 1. The van der Waals surface area contributed by atoms with Crippen LogP contribution in [-0.2, 0) is 29.2 Å². The summed E-state index contributed by atoms with van der Waals surface area (Å²) in [6, 6.07) is 1.69.